The van der Waals surface area contributed by atoms with Crippen molar-refractivity contribution in [3.8, 4) is 0 Å². The predicted molar refractivity (Wildman–Crippen MR) is 84.6 cm³/mol. The molecule has 6 heteroatoms. The Labute approximate surface area is 138 Å². The molecule has 1 aliphatic rings. The van der Waals surface area contributed by atoms with Gasteiger partial charge in [0, 0.05) is 30.3 Å². The van der Waals surface area contributed by atoms with Crippen molar-refractivity contribution < 1.29 is 19.3 Å². The molecule has 2 rings (SSSR count). The van der Waals surface area contributed by atoms with Gasteiger partial charge in [-0.15, -0.1) is 10.3 Å². The summed E-state index contributed by atoms with van der Waals surface area (Å²) in [6, 6.07) is 0. The van der Waals surface area contributed by atoms with E-state index in [9.17, 15) is 10.0 Å². The third-order valence-electron chi connectivity index (χ3n) is 4.47. The molecule has 1 aromatic heterocycles. The van der Waals surface area contributed by atoms with Crippen LogP contribution in [-0.2, 0) is 28.3 Å². The second-order valence-corrected chi connectivity index (χ2v) is 7.86. The maximum Gasteiger partial charge on any atom is 0.306 e. The molecule has 0 N–H and O–H groups in total. The molecule has 1 aliphatic heterocycles. The predicted octanol–water partition coefficient (Wildman–Crippen LogP) is 2.00. The van der Waals surface area contributed by atoms with Crippen molar-refractivity contribution in [2.75, 3.05) is 0 Å². The van der Waals surface area contributed by atoms with Crippen molar-refractivity contribution >= 4 is 5.97 Å². The molecule has 0 unspecified atom stereocenters. The highest BCUT2D eigenvalue weighted by molar-refractivity contribution is 5.69. The van der Waals surface area contributed by atoms with Crippen LogP contribution in [0.25, 0.3) is 0 Å². The average molecular weight is 323 g/mol. The lowest BCUT2D eigenvalue weighted by Crippen LogP contribution is -2.60. The Balaban J connectivity index is 1.80. The summed E-state index contributed by atoms with van der Waals surface area (Å²) < 4.78 is 9.66. The SMILES string of the molecule is C[n+]1ccn(CCCC(=O)OC2CC(C)(C)N([O])C(C)(C)C2)c1. The van der Waals surface area contributed by atoms with E-state index in [-0.39, 0.29) is 12.1 Å². The molecule has 1 fully saturated rings. The fraction of sp³-hybridized carbons (Fsp3) is 0.765. The second-order valence-electron chi connectivity index (χ2n) is 7.86. The number of ether oxygens (including phenoxy) is 1. The van der Waals surface area contributed by atoms with Crippen LogP contribution in [0.2, 0.25) is 0 Å². The molecule has 0 amide bonds. The van der Waals surface area contributed by atoms with Gasteiger partial charge in [0.1, 0.15) is 18.5 Å². The van der Waals surface area contributed by atoms with E-state index < -0.39 is 11.1 Å². The van der Waals surface area contributed by atoms with Gasteiger partial charge in [0.2, 0.25) is 6.33 Å². The number of nitrogens with zero attached hydrogens (tertiary/aromatic N) is 3. The monoisotopic (exact) mass is 323 g/mol. The van der Waals surface area contributed by atoms with Gasteiger partial charge < -0.3 is 4.74 Å². The number of aromatic nitrogens is 2. The summed E-state index contributed by atoms with van der Waals surface area (Å²) in [6.07, 6.45) is 8.08. The molecule has 0 aromatic carbocycles. The lowest BCUT2D eigenvalue weighted by atomic mass is 9.80. The molecular formula is C17H29N3O3+. The van der Waals surface area contributed by atoms with Crippen molar-refractivity contribution in [1.82, 2.24) is 9.63 Å². The zero-order chi connectivity index (χ0) is 17.3. The number of carbonyl (C=O) groups excluding carboxylic acids is 1. The molecule has 0 aliphatic carbocycles. The number of rotatable bonds is 5. The quantitative estimate of drug-likeness (QED) is 0.615. The van der Waals surface area contributed by atoms with Crippen molar-refractivity contribution in [2.45, 2.75) is 77.1 Å². The summed E-state index contributed by atoms with van der Waals surface area (Å²) in [4.78, 5) is 12.1. The van der Waals surface area contributed by atoms with E-state index in [1.54, 1.807) is 0 Å². The maximum absolute atomic E-state index is 12.3. The Hall–Kier alpha value is -1.40. The maximum atomic E-state index is 12.3. The van der Waals surface area contributed by atoms with Crippen LogP contribution in [0.5, 0.6) is 0 Å². The molecule has 23 heavy (non-hydrogen) atoms. The first-order chi connectivity index (χ1) is 10.6. The Morgan fingerprint density at radius 2 is 1.87 bits per heavy atom. The molecule has 1 saturated heterocycles. The van der Waals surface area contributed by atoms with Crippen LogP contribution in [0.3, 0.4) is 0 Å². The number of piperidine rings is 1. The van der Waals surface area contributed by atoms with E-state index in [1.807, 2.05) is 58.0 Å². The highest BCUT2D eigenvalue weighted by atomic mass is 16.5. The van der Waals surface area contributed by atoms with E-state index in [1.165, 1.54) is 0 Å². The summed E-state index contributed by atoms with van der Waals surface area (Å²) >= 11 is 0. The van der Waals surface area contributed by atoms with E-state index in [0.29, 0.717) is 19.3 Å². The van der Waals surface area contributed by atoms with Gasteiger partial charge in [0.15, 0.2) is 0 Å². The first-order valence-electron chi connectivity index (χ1n) is 8.28. The molecule has 129 valence electrons. The van der Waals surface area contributed by atoms with Crippen molar-refractivity contribution in [2.24, 2.45) is 7.05 Å². The van der Waals surface area contributed by atoms with E-state index >= 15 is 0 Å². The van der Waals surface area contributed by atoms with E-state index in [0.717, 1.165) is 18.0 Å². The van der Waals surface area contributed by atoms with Gasteiger partial charge in [0.25, 0.3) is 0 Å². The summed E-state index contributed by atoms with van der Waals surface area (Å²) in [7, 11) is 1.97. The topological polar surface area (TPSA) is 58.2 Å². The summed E-state index contributed by atoms with van der Waals surface area (Å²) in [5, 5.41) is 13.5. The fourth-order valence-electron chi connectivity index (χ4n) is 3.54. The number of hydrogen-bond acceptors (Lipinski definition) is 3. The van der Waals surface area contributed by atoms with Crippen molar-refractivity contribution in [1.29, 1.82) is 0 Å². The average Bonchev–Trinajstić information content (AvgIpc) is 2.81. The number of carbonyl (C=O) groups is 1. The number of aryl methyl sites for hydroxylation is 2. The first-order valence-corrected chi connectivity index (χ1v) is 8.28. The van der Waals surface area contributed by atoms with Gasteiger partial charge in [-0.2, -0.15) is 0 Å². The Bertz CT molecular complexity index is 533. The molecule has 1 radical (unpaired) electrons. The zero-order valence-electron chi connectivity index (χ0n) is 14.9. The lowest BCUT2D eigenvalue weighted by Gasteiger charge is -2.49. The van der Waals surface area contributed by atoms with Gasteiger partial charge in [-0.05, 0) is 34.1 Å². The molecule has 0 atom stereocenters. The van der Waals surface area contributed by atoms with Crippen molar-refractivity contribution in [3.63, 3.8) is 0 Å². The number of hydroxylamine groups is 2. The van der Waals surface area contributed by atoms with Gasteiger partial charge in [0.05, 0.1) is 13.6 Å². The third-order valence-corrected chi connectivity index (χ3v) is 4.47. The summed E-state index contributed by atoms with van der Waals surface area (Å²) in [5.74, 6) is -0.169. The molecule has 1 aromatic rings. The minimum atomic E-state index is -0.507. The number of esters is 1. The Kier molecular flexibility index (Phi) is 5.16. The fourth-order valence-corrected chi connectivity index (χ4v) is 3.54. The molecule has 2 heterocycles. The van der Waals surface area contributed by atoms with Crippen LogP contribution in [0, 0.1) is 0 Å². The summed E-state index contributed by atoms with van der Waals surface area (Å²) in [5.41, 5.74) is -1.01. The minimum absolute atomic E-state index is 0.169. The standard InChI is InChI=1S/C17H29N3O3/c1-16(2)11-14(12-17(3,4)20(16)22)23-15(21)7-6-8-19-10-9-18(5)13-19/h9-10,13-14H,6-8,11-12H2,1-5H3/q+1. The highest BCUT2D eigenvalue weighted by Gasteiger charge is 2.47. The van der Waals surface area contributed by atoms with Crippen molar-refractivity contribution in [3.05, 3.63) is 18.7 Å². The second kappa shape index (κ2) is 6.61. The smallest absolute Gasteiger partial charge is 0.306 e. The van der Waals surface area contributed by atoms with Crippen LogP contribution in [0.4, 0.5) is 0 Å². The zero-order valence-corrected chi connectivity index (χ0v) is 14.9. The van der Waals surface area contributed by atoms with Crippen LogP contribution < -0.4 is 4.57 Å². The highest BCUT2D eigenvalue weighted by Crippen LogP contribution is 2.38. The molecule has 0 spiro atoms. The van der Waals surface area contributed by atoms with Gasteiger partial charge in [-0.3, -0.25) is 4.79 Å². The lowest BCUT2D eigenvalue weighted by molar-refractivity contribution is -0.671. The normalized spacial score (nSPS) is 21.3. The van der Waals surface area contributed by atoms with E-state index in [2.05, 4.69) is 4.57 Å². The Morgan fingerprint density at radius 1 is 1.26 bits per heavy atom. The minimum Gasteiger partial charge on any atom is -0.462 e. The van der Waals surface area contributed by atoms with Gasteiger partial charge in [-0.25, -0.2) is 9.13 Å². The molecule has 0 bridgehead atoms. The summed E-state index contributed by atoms with van der Waals surface area (Å²) in [6.45, 7) is 8.44. The first kappa shape index (κ1) is 17.9. The van der Waals surface area contributed by atoms with Crippen LogP contribution in [0.15, 0.2) is 18.7 Å². The number of hydrogen-bond donors (Lipinski definition) is 0. The largest absolute Gasteiger partial charge is 0.462 e. The van der Waals surface area contributed by atoms with Crippen LogP contribution in [0.1, 0.15) is 53.4 Å². The van der Waals surface area contributed by atoms with E-state index in [4.69, 9.17) is 4.74 Å². The molecule has 6 nitrogen and oxygen atoms in total. The van der Waals surface area contributed by atoms with Gasteiger partial charge >= 0.3 is 5.97 Å². The third kappa shape index (κ3) is 4.54. The molecule has 0 saturated carbocycles. The van der Waals surface area contributed by atoms with Crippen LogP contribution in [-0.4, -0.2) is 32.8 Å². The molecular weight excluding hydrogens is 294 g/mol. The Morgan fingerprint density at radius 3 is 2.39 bits per heavy atom. The van der Waals surface area contributed by atoms with Crippen LogP contribution >= 0.6 is 0 Å². The number of imidazole rings is 1. The van der Waals surface area contributed by atoms with Gasteiger partial charge in [-0.1, -0.05) is 0 Å².